The van der Waals surface area contributed by atoms with Crippen LogP contribution in [0.2, 0.25) is 0 Å². The van der Waals surface area contributed by atoms with E-state index < -0.39 is 0 Å². The van der Waals surface area contributed by atoms with Gasteiger partial charge in [0.1, 0.15) is 11.3 Å². The number of rotatable bonds is 2. The molecule has 1 aromatic rings. The fraction of sp³-hybridized carbons (Fsp3) is 0.455. The van der Waals surface area contributed by atoms with E-state index in [0.717, 1.165) is 5.75 Å². The van der Waals surface area contributed by atoms with E-state index in [1.54, 1.807) is 0 Å². The molecule has 1 aromatic carbocycles. The Morgan fingerprint density at radius 1 is 1.15 bits per heavy atom. The van der Waals surface area contributed by atoms with Gasteiger partial charge in [0.15, 0.2) is 0 Å². The Morgan fingerprint density at radius 2 is 1.69 bits per heavy atom. The molecule has 0 aliphatic rings. The summed E-state index contributed by atoms with van der Waals surface area (Å²) in [4.78, 5) is 0. The molecule has 13 heavy (non-hydrogen) atoms. The maximum atomic E-state index is 5.29. The highest BCUT2D eigenvalue weighted by Gasteiger charge is 2.12. The quantitative estimate of drug-likeness (QED) is 0.719. The summed E-state index contributed by atoms with van der Waals surface area (Å²) in [7, 11) is 0. The van der Waals surface area contributed by atoms with E-state index in [0.29, 0.717) is 5.52 Å². The molecule has 1 nitrogen and oxygen atoms in total. The van der Waals surface area contributed by atoms with Gasteiger partial charge in [-0.3, -0.25) is 0 Å². The fourth-order valence-electron chi connectivity index (χ4n) is 1.11. The van der Waals surface area contributed by atoms with E-state index >= 15 is 0 Å². The second kappa shape index (κ2) is 4.14. The topological polar surface area (TPSA) is 9.23 Å². The number of ether oxygens (including phenoxy) is 1. The van der Waals surface area contributed by atoms with Gasteiger partial charge in [0.2, 0.25) is 0 Å². The third-order valence-corrected chi connectivity index (χ3v) is 2.17. The fourth-order valence-corrected chi connectivity index (χ4v) is 1.38. The Balaban J connectivity index is 2.81. The Morgan fingerprint density at radius 3 is 2.08 bits per heavy atom. The van der Waals surface area contributed by atoms with Gasteiger partial charge < -0.3 is 4.74 Å². The van der Waals surface area contributed by atoms with Crippen molar-refractivity contribution in [2.45, 2.75) is 26.2 Å². The van der Waals surface area contributed by atoms with Gasteiger partial charge in [-0.25, -0.2) is 0 Å². The predicted octanol–water partition coefficient (Wildman–Crippen LogP) is 3.72. The lowest BCUT2D eigenvalue weighted by Crippen LogP contribution is -2.10. The summed E-state index contributed by atoms with van der Waals surface area (Å²) >= 11 is 3.22. The van der Waals surface area contributed by atoms with E-state index in [4.69, 9.17) is 4.74 Å². The second-order valence-electron chi connectivity index (χ2n) is 4.03. The van der Waals surface area contributed by atoms with Crippen molar-refractivity contribution in [3.8, 4) is 5.75 Å². The minimum Gasteiger partial charge on any atom is -0.482 e. The molecular formula is C11H15BrO. The molecule has 0 bridgehead atoms. The zero-order valence-electron chi connectivity index (χ0n) is 8.30. The van der Waals surface area contributed by atoms with Crippen molar-refractivity contribution in [3.05, 3.63) is 29.8 Å². The molecule has 0 spiro atoms. The lowest BCUT2D eigenvalue weighted by atomic mass is 9.87. The third kappa shape index (κ3) is 3.03. The van der Waals surface area contributed by atoms with Crippen LogP contribution < -0.4 is 4.74 Å². The summed E-state index contributed by atoms with van der Waals surface area (Å²) in [6, 6.07) is 8.22. The van der Waals surface area contributed by atoms with Crippen LogP contribution in [0.4, 0.5) is 0 Å². The number of halogens is 1. The van der Waals surface area contributed by atoms with Gasteiger partial charge >= 0.3 is 0 Å². The van der Waals surface area contributed by atoms with Crippen molar-refractivity contribution >= 4 is 15.9 Å². The maximum Gasteiger partial charge on any atom is 0.143 e. The third-order valence-electron chi connectivity index (χ3n) is 1.94. The molecule has 0 amide bonds. The molecule has 0 aliphatic carbocycles. The van der Waals surface area contributed by atoms with Crippen LogP contribution in [0.3, 0.4) is 0 Å². The van der Waals surface area contributed by atoms with Crippen molar-refractivity contribution in [2.75, 3.05) is 5.52 Å². The average Bonchev–Trinajstić information content (AvgIpc) is 2.04. The normalized spacial score (nSPS) is 11.4. The van der Waals surface area contributed by atoms with Crippen molar-refractivity contribution in [3.63, 3.8) is 0 Å². The summed E-state index contributed by atoms with van der Waals surface area (Å²) in [5.74, 6) is 0.907. The zero-order chi connectivity index (χ0) is 9.90. The van der Waals surface area contributed by atoms with Gasteiger partial charge in [0.25, 0.3) is 0 Å². The van der Waals surface area contributed by atoms with Crippen molar-refractivity contribution in [1.82, 2.24) is 0 Å². The minimum atomic E-state index is 0.215. The van der Waals surface area contributed by atoms with Gasteiger partial charge in [0.05, 0.1) is 0 Å². The van der Waals surface area contributed by atoms with E-state index in [9.17, 15) is 0 Å². The van der Waals surface area contributed by atoms with Crippen LogP contribution in [0.25, 0.3) is 0 Å². The highest BCUT2D eigenvalue weighted by atomic mass is 79.9. The van der Waals surface area contributed by atoms with Crippen molar-refractivity contribution in [1.29, 1.82) is 0 Å². The van der Waals surface area contributed by atoms with Crippen molar-refractivity contribution < 1.29 is 4.74 Å². The van der Waals surface area contributed by atoms with Crippen LogP contribution in [-0.2, 0) is 5.41 Å². The largest absolute Gasteiger partial charge is 0.482 e. The van der Waals surface area contributed by atoms with Gasteiger partial charge in [-0.05, 0) is 39.0 Å². The summed E-state index contributed by atoms with van der Waals surface area (Å²) in [5.41, 5.74) is 2.09. The molecule has 0 aliphatic heterocycles. The molecule has 2 heteroatoms. The van der Waals surface area contributed by atoms with E-state index in [-0.39, 0.29) is 5.41 Å². The maximum absolute atomic E-state index is 5.29. The molecule has 0 saturated heterocycles. The monoisotopic (exact) mass is 242 g/mol. The first kappa shape index (κ1) is 10.6. The first-order valence-electron chi connectivity index (χ1n) is 4.33. The Hall–Kier alpha value is -0.500. The molecule has 1 rings (SSSR count). The smallest absolute Gasteiger partial charge is 0.143 e. The molecule has 0 N–H and O–H groups in total. The van der Waals surface area contributed by atoms with E-state index in [1.165, 1.54) is 5.56 Å². The molecule has 0 radical (unpaired) electrons. The summed E-state index contributed by atoms with van der Waals surface area (Å²) < 4.78 is 5.29. The van der Waals surface area contributed by atoms with Gasteiger partial charge in [-0.15, -0.1) is 0 Å². The molecule has 0 atom stereocenters. The molecule has 0 fully saturated rings. The lowest BCUT2D eigenvalue weighted by molar-refractivity contribution is 0.397. The van der Waals surface area contributed by atoms with Crippen LogP contribution in [0.15, 0.2) is 24.3 Å². The average molecular weight is 243 g/mol. The second-order valence-corrected chi connectivity index (χ2v) is 4.49. The lowest BCUT2D eigenvalue weighted by Gasteiger charge is -2.18. The van der Waals surface area contributed by atoms with E-state index in [2.05, 4.69) is 48.8 Å². The van der Waals surface area contributed by atoms with Gasteiger partial charge in [0, 0.05) is 0 Å². The highest BCUT2D eigenvalue weighted by molar-refractivity contribution is 9.09. The number of benzene rings is 1. The van der Waals surface area contributed by atoms with Crippen LogP contribution in [-0.4, -0.2) is 5.52 Å². The van der Waals surface area contributed by atoms with Crippen LogP contribution >= 0.6 is 15.9 Å². The molecular weight excluding hydrogens is 228 g/mol. The summed E-state index contributed by atoms with van der Waals surface area (Å²) in [6.07, 6.45) is 0. The molecule has 0 heterocycles. The Bertz CT molecular complexity index is 258. The standard InChI is InChI=1S/C11H15BrO/c1-11(2,3)9-4-6-10(7-5-9)13-8-12/h4-7H,8H2,1-3H3. The van der Waals surface area contributed by atoms with Gasteiger partial charge in [-0.1, -0.05) is 32.9 Å². The number of hydrogen-bond donors (Lipinski definition) is 0. The first-order chi connectivity index (χ1) is 6.04. The molecule has 0 saturated carbocycles. The number of hydrogen-bond acceptors (Lipinski definition) is 1. The van der Waals surface area contributed by atoms with Crippen LogP contribution in [0.1, 0.15) is 26.3 Å². The van der Waals surface area contributed by atoms with Gasteiger partial charge in [-0.2, -0.15) is 0 Å². The molecule has 0 aromatic heterocycles. The Labute approximate surface area is 88.2 Å². The molecule has 0 unspecified atom stereocenters. The highest BCUT2D eigenvalue weighted by Crippen LogP contribution is 2.24. The SMILES string of the molecule is CC(C)(C)c1ccc(OCBr)cc1. The first-order valence-corrected chi connectivity index (χ1v) is 5.45. The van der Waals surface area contributed by atoms with Crippen LogP contribution in [0, 0.1) is 0 Å². The van der Waals surface area contributed by atoms with Crippen LogP contribution in [0.5, 0.6) is 5.75 Å². The summed E-state index contributed by atoms with van der Waals surface area (Å²) in [5, 5.41) is 0. The van der Waals surface area contributed by atoms with Crippen molar-refractivity contribution in [2.24, 2.45) is 0 Å². The summed E-state index contributed by atoms with van der Waals surface area (Å²) in [6.45, 7) is 6.61. The predicted molar refractivity (Wildman–Crippen MR) is 59.6 cm³/mol. The Kier molecular flexibility index (Phi) is 3.37. The molecule has 72 valence electrons. The minimum absolute atomic E-state index is 0.215. The van der Waals surface area contributed by atoms with E-state index in [1.807, 2.05) is 12.1 Å². The zero-order valence-corrected chi connectivity index (χ0v) is 9.89. The number of alkyl halides is 1.